The minimum Gasteiger partial charge on any atom is -0.491 e. The van der Waals surface area contributed by atoms with E-state index in [1.54, 1.807) is 6.07 Å². The number of hydrogen-bond donors (Lipinski definition) is 3. The van der Waals surface area contributed by atoms with Gasteiger partial charge in [-0.15, -0.1) is 0 Å². The third kappa shape index (κ3) is 5.89. The lowest BCUT2D eigenvalue weighted by molar-refractivity contribution is 0.227. The lowest BCUT2D eigenvalue weighted by Gasteiger charge is -2.21. The van der Waals surface area contributed by atoms with Gasteiger partial charge in [0.25, 0.3) is 0 Å². The molecule has 124 valence electrons. The van der Waals surface area contributed by atoms with Crippen LogP contribution in [0.25, 0.3) is 0 Å². The van der Waals surface area contributed by atoms with Gasteiger partial charge >= 0.3 is 6.03 Å². The second-order valence-corrected chi connectivity index (χ2v) is 5.77. The van der Waals surface area contributed by atoms with Gasteiger partial charge in [0.1, 0.15) is 11.6 Å². The lowest BCUT2D eigenvalue weighted by Crippen LogP contribution is -2.41. The third-order valence-corrected chi connectivity index (χ3v) is 3.12. The first-order valence-electron chi connectivity index (χ1n) is 7.48. The Morgan fingerprint density at radius 1 is 1.32 bits per heavy atom. The van der Waals surface area contributed by atoms with Crippen LogP contribution in [0.2, 0.25) is 0 Å². The number of anilines is 1. The molecule has 1 rings (SSSR count). The van der Waals surface area contributed by atoms with Crippen LogP contribution >= 0.6 is 0 Å². The van der Waals surface area contributed by atoms with Gasteiger partial charge in [0.05, 0.1) is 11.8 Å². The number of hydrogen-bond acceptors (Lipinski definition) is 3. The number of rotatable bonds is 7. The number of halogens is 1. The van der Waals surface area contributed by atoms with Gasteiger partial charge in [0, 0.05) is 18.7 Å². The fourth-order valence-electron chi connectivity index (χ4n) is 1.98. The summed E-state index contributed by atoms with van der Waals surface area (Å²) in [6.45, 7) is 7.58. The normalized spacial score (nSPS) is 12.4. The van der Waals surface area contributed by atoms with E-state index in [0.717, 1.165) is 0 Å². The first-order valence-corrected chi connectivity index (χ1v) is 7.48. The molecule has 0 aliphatic heterocycles. The molecule has 0 heterocycles. The summed E-state index contributed by atoms with van der Waals surface area (Å²) in [5.74, 6) is 0.0277. The van der Waals surface area contributed by atoms with Crippen LogP contribution in [-0.2, 0) is 0 Å². The number of aliphatic hydroxyl groups is 1. The molecular weight excluding hydrogens is 287 g/mol. The molecule has 0 spiro atoms. The predicted molar refractivity (Wildman–Crippen MR) is 84.6 cm³/mol. The first kappa shape index (κ1) is 18.2. The minimum absolute atomic E-state index is 0.0152. The van der Waals surface area contributed by atoms with Crippen molar-refractivity contribution >= 4 is 11.7 Å². The Hall–Kier alpha value is -1.82. The van der Waals surface area contributed by atoms with Gasteiger partial charge < -0.3 is 20.5 Å². The van der Waals surface area contributed by atoms with Gasteiger partial charge in [-0.05, 0) is 38.3 Å². The van der Waals surface area contributed by atoms with E-state index in [0.29, 0.717) is 12.2 Å². The molecule has 0 aliphatic rings. The molecule has 1 aromatic rings. The maximum absolute atomic E-state index is 13.9. The fourth-order valence-corrected chi connectivity index (χ4v) is 1.98. The molecule has 3 N–H and O–H groups in total. The van der Waals surface area contributed by atoms with Crippen LogP contribution in [0.15, 0.2) is 18.2 Å². The van der Waals surface area contributed by atoms with Crippen molar-refractivity contribution < 1.29 is 19.0 Å². The highest BCUT2D eigenvalue weighted by Gasteiger charge is 2.16. The molecule has 0 aliphatic carbocycles. The van der Waals surface area contributed by atoms with Gasteiger partial charge in [-0.25, -0.2) is 9.18 Å². The zero-order valence-electron chi connectivity index (χ0n) is 13.5. The number of ether oxygens (including phenoxy) is 1. The van der Waals surface area contributed by atoms with E-state index >= 15 is 0 Å². The van der Waals surface area contributed by atoms with E-state index in [1.807, 2.05) is 27.7 Å². The summed E-state index contributed by atoms with van der Waals surface area (Å²) in [4.78, 5) is 11.9. The summed E-state index contributed by atoms with van der Waals surface area (Å²) < 4.78 is 19.3. The quantitative estimate of drug-likeness (QED) is 0.724. The number of carbonyl (C=O) groups excluding carboxylic acids is 1. The largest absolute Gasteiger partial charge is 0.491 e. The summed E-state index contributed by atoms with van der Waals surface area (Å²) in [7, 11) is 0. The highest BCUT2D eigenvalue weighted by atomic mass is 19.1. The van der Waals surface area contributed by atoms with Crippen molar-refractivity contribution in [2.45, 2.75) is 46.3 Å². The molecule has 1 atom stereocenters. The number of benzene rings is 1. The highest BCUT2D eigenvalue weighted by Crippen LogP contribution is 2.21. The molecule has 22 heavy (non-hydrogen) atoms. The molecular formula is C16H25FN2O3. The Balaban J connectivity index is 2.67. The topological polar surface area (TPSA) is 70.6 Å². The first-order chi connectivity index (χ1) is 10.3. The van der Waals surface area contributed by atoms with E-state index in [-0.39, 0.29) is 30.4 Å². The van der Waals surface area contributed by atoms with Crippen molar-refractivity contribution in [3.63, 3.8) is 0 Å². The van der Waals surface area contributed by atoms with Gasteiger partial charge in [-0.3, -0.25) is 0 Å². The standard InChI is InChI=1S/C16H25FN2O3/c1-10(2)14(7-8-20)18-16(21)19-15-6-5-12(9-13(15)17)22-11(3)4/h5-6,9-11,14,20H,7-8H2,1-4H3,(H2,18,19,21)/t14-/m0/s1. The van der Waals surface area contributed by atoms with E-state index in [9.17, 15) is 9.18 Å². The Morgan fingerprint density at radius 2 is 2.00 bits per heavy atom. The summed E-state index contributed by atoms with van der Waals surface area (Å²) in [6, 6.07) is 3.64. The zero-order chi connectivity index (χ0) is 16.7. The smallest absolute Gasteiger partial charge is 0.319 e. The Kier molecular flexibility index (Phi) is 7.11. The van der Waals surface area contributed by atoms with E-state index < -0.39 is 11.8 Å². The van der Waals surface area contributed by atoms with Crippen molar-refractivity contribution in [2.75, 3.05) is 11.9 Å². The number of nitrogens with one attached hydrogen (secondary N) is 2. The number of urea groups is 1. The molecule has 2 amide bonds. The van der Waals surface area contributed by atoms with E-state index in [1.165, 1.54) is 12.1 Å². The van der Waals surface area contributed by atoms with Crippen LogP contribution in [0.4, 0.5) is 14.9 Å². The molecule has 0 fully saturated rings. The molecule has 1 aromatic carbocycles. The van der Waals surface area contributed by atoms with Gasteiger partial charge in [0.15, 0.2) is 0 Å². The lowest BCUT2D eigenvalue weighted by atomic mass is 10.0. The molecule has 0 unspecified atom stereocenters. The van der Waals surface area contributed by atoms with Crippen molar-refractivity contribution in [1.29, 1.82) is 0 Å². The van der Waals surface area contributed by atoms with Gasteiger partial charge in [-0.2, -0.15) is 0 Å². The van der Waals surface area contributed by atoms with E-state index in [2.05, 4.69) is 10.6 Å². The fraction of sp³-hybridized carbons (Fsp3) is 0.562. The highest BCUT2D eigenvalue weighted by molar-refractivity contribution is 5.89. The Labute approximate surface area is 130 Å². The molecule has 0 saturated heterocycles. The monoisotopic (exact) mass is 312 g/mol. The summed E-state index contributed by atoms with van der Waals surface area (Å²) in [5.41, 5.74) is 0.0834. The maximum Gasteiger partial charge on any atom is 0.319 e. The SMILES string of the molecule is CC(C)Oc1ccc(NC(=O)N[C@@H](CCO)C(C)C)c(F)c1. The average molecular weight is 312 g/mol. The molecule has 5 nitrogen and oxygen atoms in total. The molecule has 0 radical (unpaired) electrons. The van der Waals surface area contributed by atoms with Crippen LogP contribution in [0, 0.1) is 11.7 Å². The van der Waals surface area contributed by atoms with Gasteiger partial charge in [0.2, 0.25) is 0 Å². The van der Waals surface area contributed by atoms with Crippen LogP contribution in [0.5, 0.6) is 5.75 Å². The average Bonchev–Trinajstić information content (AvgIpc) is 2.40. The van der Waals surface area contributed by atoms with Crippen molar-refractivity contribution in [2.24, 2.45) is 5.92 Å². The predicted octanol–water partition coefficient (Wildman–Crippen LogP) is 3.14. The van der Waals surface area contributed by atoms with Crippen molar-refractivity contribution in [3.05, 3.63) is 24.0 Å². The molecule has 0 bridgehead atoms. The summed E-state index contributed by atoms with van der Waals surface area (Å²) >= 11 is 0. The van der Waals surface area contributed by atoms with Crippen LogP contribution < -0.4 is 15.4 Å². The number of amides is 2. The Bertz CT molecular complexity index is 492. The van der Waals surface area contributed by atoms with Crippen LogP contribution in [0.3, 0.4) is 0 Å². The van der Waals surface area contributed by atoms with Crippen molar-refractivity contribution in [1.82, 2.24) is 5.32 Å². The second-order valence-electron chi connectivity index (χ2n) is 5.77. The van der Waals surface area contributed by atoms with Gasteiger partial charge in [-0.1, -0.05) is 13.8 Å². The molecule has 6 heteroatoms. The van der Waals surface area contributed by atoms with E-state index in [4.69, 9.17) is 9.84 Å². The van der Waals surface area contributed by atoms with Crippen LogP contribution in [0.1, 0.15) is 34.1 Å². The third-order valence-electron chi connectivity index (χ3n) is 3.12. The summed E-state index contributed by atoms with van der Waals surface area (Å²) in [6.07, 6.45) is 0.404. The maximum atomic E-state index is 13.9. The minimum atomic E-state index is -0.559. The Morgan fingerprint density at radius 3 is 2.50 bits per heavy atom. The zero-order valence-corrected chi connectivity index (χ0v) is 13.5. The number of aliphatic hydroxyl groups excluding tert-OH is 1. The molecule has 0 saturated carbocycles. The van der Waals surface area contributed by atoms with Crippen LogP contribution in [-0.4, -0.2) is 29.9 Å². The summed E-state index contributed by atoms with van der Waals surface area (Å²) in [5, 5.41) is 14.2. The van der Waals surface area contributed by atoms with Crippen molar-refractivity contribution in [3.8, 4) is 5.75 Å². The molecule has 0 aromatic heterocycles. The second kappa shape index (κ2) is 8.58. The number of carbonyl (C=O) groups is 1.